The highest BCUT2D eigenvalue weighted by Crippen LogP contribution is 2.41. The molecule has 1 aromatic carbocycles. The van der Waals surface area contributed by atoms with Gasteiger partial charge in [-0.3, -0.25) is 4.79 Å². The van der Waals surface area contributed by atoms with Gasteiger partial charge in [0.2, 0.25) is 0 Å². The van der Waals surface area contributed by atoms with Crippen molar-refractivity contribution in [3.05, 3.63) is 52.9 Å². The molecule has 130 valence electrons. The van der Waals surface area contributed by atoms with E-state index in [2.05, 4.69) is 0 Å². The first-order chi connectivity index (χ1) is 10.9. The fourth-order valence-electron chi connectivity index (χ4n) is 2.21. The van der Waals surface area contributed by atoms with Gasteiger partial charge in [-0.15, -0.1) is 0 Å². The van der Waals surface area contributed by atoms with Crippen molar-refractivity contribution in [1.82, 2.24) is 0 Å². The van der Waals surface area contributed by atoms with E-state index in [0.717, 1.165) is 11.1 Å². The number of rotatable bonds is 2. The molecule has 0 unspecified atom stereocenters. The number of alkyl halides is 6. The van der Waals surface area contributed by atoms with Crippen molar-refractivity contribution in [2.45, 2.75) is 12.4 Å². The van der Waals surface area contributed by atoms with Crippen molar-refractivity contribution in [3.63, 3.8) is 0 Å². The minimum Gasteiger partial charge on any atom is -0.506 e. The second-order valence-electron chi connectivity index (χ2n) is 4.89. The maximum atomic E-state index is 13.1. The van der Waals surface area contributed by atoms with E-state index in [1.165, 1.54) is 12.2 Å². The van der Waals surface area contributed by atoms with E-state index in [1.807, 2.05) is 0 Å². The largest absolute Gasteiger partial charge is 0.506 e. The number of hydrogen-bond acceptors (Lipinski definition) is 3. The first-order valence-corrected chi connectivity index (χ1v) is 6.37. The fraction of sp³-hybridized carbons (Fsp3) is 0.214. The summed E-state index contributed by atoms with van der Waals surface area (Å²) in [4.78, 5) is 12.4. The zero-order valence-corrected chi connectivity index (χ0v) is 11.7. The lowest BCUT2D eigenvalue weighted by molar-refractivity contribution is -0.143. The van der Waals surface area contributed by atoms with Gasteiger partial charge < -0.3 is 15.7 Å². The van der Waals surface area contributed by atoms with Crippen molar-refractivity contribution < 1.29 is 36.2 Å². The Labute approximate surface area is 131 Å². The Morgan fingerprint density at radius 1 is 1.12 bits per heavy atom. The number of carbonyl (C=O) groups excluding carboxylic acids is 1. The summed E-state index contributed by atoms with van der Waals surface area (Å²) in [6.07, 6.45) is -6.88. The third-order valence-corrected chi connectivity index (χ3v) is 3.18. The van der Waals surface area contributed by atoms with Gasteiger partial charge in [0.05, 0.1) is 22.4 Å². The van der Waals surface area contributed by atoms with E-state index in [-0.39, 0.29) is 12.6 Å². The fourth-order valence-corrected chi connectivity index (χ4v) is 2.21. The predicted octanol–water partition coefficient (Wildman–Crippen LogP) is 3.60. The number of allylic oxidation sites excluding steroid dienone is 1. The second kappa shape index (κ2) is 5.77. The van der Waals surface area contributed by atoms with E-state index in [1.54, 1.807) is 0 Å². The number of hydrogen-bond donors (Lipinski definition) is 2. The highest BCUT2D eigenvalue weighted by Gasteiger charge is 2.41. The summed E-state index contributed by atoms with van der Waals surface area (Å²) < 4.78 is 78.2. The van der Waals surface area contributed by atoms with Crippen molar-refractivity contribution in [1.29, 1.82) is 0 Å². The minimum absolute atomic E-state index is 0.150. The third kappa shape index (κ3) is 3.47. The van der Waals surface area contributed by atoms with Gasteiger partial charge in [0.1, 0.15) is 5.76 Å². The SMILES string of the molecule is NC(=O)c1c(N2C=C(O)C=CC2)cc(C(F)(F)F)cc1C(F)(F)F. The summed E-state index contributed by atoms with van der Waals surface area (Å²) in [5.41, 5.74) is -0.207. The van der Waals surface area contributed by atoms with E-state index in [4.69, 9.17) is 5.73 Å². The van der Waals surface area contributed by atoms with E-state index >= 15 is 0 Å². The summed E-state index contributed by atoms with van der Waals surface area (Å²) in [6, 6.07) is 0.227. The summed E-state index contributed by atoms with van der Waals surface area (Å²) in [5, 5.41) is 9.40. The Hall–Kier alpha value is -2.65. The van der Waals surface area contributed by atoms with Crippen LogP contribution in [0.1, 0.15) is 21.5 Å². The van der Waals surface area contributed by atoms with E-state index in [9.17, 15) is 36.2 Å². The number of nitrogens with zero attached hydrogens (tertiary/aromatic N) is 1. The van der Waals surface area contributed by atoms with Crippen LogP contribution in [0, 0.1) is 0 Å². The minimum atomic E-state index is -5.22. The van der Waals surface area contributed by atoms with Gasteiger partial charge >= 0.3 is 12.4 Å². The average Bonchev–Trinajstić information content (AvgIpc) is 2.43. The quantitative estimate of drug-likeness (QED) is 0.800. The van der Waals surface area contributed by atoms with Gasteiger partial charge in [0.15, 0.2) is 0 Å². The molecule has 0 fully saturated rings. The molecule has 10 heteroatoms. The smallest absolute Gasteiger partial charge is 0.417 e. The van der Waals surface area contributed by atoms with Crippen molar-refractivity contribution in [2.75, 3.05) is 11.4 Å². The Balaban J connectivity index is 2.80. The predicted molar refractivity (Wildman–Crippen MR) is 72.2 cm³/mol. The molecule has 0 aliphatic carbocycles. The number of anilines is 1. The molecule has 4 nitrogen and oxygen atoms in total. The first-order valence-electron chi connectivity index (χ1n) is 6.37. The molecule has 0 atom stereocenters. The molecular weight excluding hydrogens is 342 g/mol. The highest BCUT2D eigenvalue weighted by molar-refractivity contribution is 6.01. The average molecular weight is 352 g/mol. The number of nitrogens with two attached hydrogens (primary N) is 1. The van der Waals surface area contributed by atoms with Gasteiger partial charge in [-0.25, -0.2) is 0 Å². The molecule has 1 aliphatic heterocycles. The van der Waals surface area contributed by atoms with Crippen LogP contribution >= 0.6 is 0 Å². The van der Waals surface area contributed by atoms with Crippen molar-refractivity contribution in [3.8, 4) is 0 Å². The van der Waals surface area contributed by atoms with Crippen LogP contribution < -0.4 is 10.6 Å². The molecule has 0 bridgehead atoms. The lowest BCUT2D eigenvalue weighted by Gasteiger charge is -2.26. The zero-order chi connectivity index (χ0) is 18.3. The molecule has 0 saturated heterocycles. The molecular formula is C14H10F6N2O2. The lowest BCUT2D eigenvalue weighted by atomic mass is 9.98. The van der Waals surface area contributed by atoms with Crippen molar-refractivity contribution >= 4 is 11.6 Å². The topological polar surface area (TPSA) is 66.6 Å². The van der Waals surface area contributed by atoms with Gasteiger partial charge in [0, 0.05) is 12.7 Å². The van der Waals surface area contributed by atoms with Gasteiger partial charge in [-0.1, -0.05) is 6.08 Å². The molecule has 1 heterocycles. The number of primary amides is 1. The van der Waals surface area contributed by atoms with Crippen LogP contribution in [0.15, 0.2) is 36.2 Å². The van der Waals surface area contributed by atoms with Crippen LogP contribution in [-0.4, -0.2) is 17.6 Å². The van der Waals surface area contributed by atoms with Crippen LogP contribution in [0.2, 0.25) is 0 Å². The Kier molecular flexibility index (Phi) is 4.25. The number of aliphatic hydroxyl groups is 1. The van der Waals surface area contributed by atoms with Crippen LogP contribution in [0.5, 0.6) is 0 Å². The normalized spacial score (nSPS) is 15.4. The molecule has 0 spiro atoms. The summed E-state index contributed by atoms with van der Waals surface area (Å²) in [5.74, 6) is -1.93. The highest BCUT2D eigenvalue weighted by atomic mass is 19.4. The molecule has 2 rings (SSSR count). The Morgan fingerprint density at radius 2 is 1.75 bits per heavy atom. The molecule has 1 aliphatic rings. The van der Waals surface area contributed by atoms with Crippen LogP contribution in [-0.2, 0) is 12.4 Å². The Morgan fingerprint density at radius 3 is 2.21 bits per heavy atom. The standard InChI is InChI=1S/C14H10F6N2O2/c15-13(16,17)7-4-9(14(18,19)20)11(12(21)24)10(5-7)22-3-1-2-8(23)6-22/h1-2,4-6,23H,3H2,(H2,21,24). The first kappa shape index (κ1) is 17.7. The maximum Gasteiger partial charge on any atom is 0.417 e. The monoisotopic (exact) mass is 352 g/mol. The molecule has 3 N–H and O–H groups in total. The number of aliphatic hydroxyl groups excluding tert-OH is 1. The van der Waals surface area contributed by atoms with E-state index < -0.39 is 46.4 Å². The number of amides is 1. The van der Waals surface area contributed by atoms with Crippen LogP contribution in [0.3, 0.4) is 0 Å². The summed E-state index contributed by atoms with van der Waals surface area (Å²) >= 11 is 0. The molecule has 0 radical (unpaired) electrons. The number of halogens is 6. The van der Waals surface area contributed by atoms with Crippen LogP contribution in [0.25, 0.3) is 0 Å². The lowest BCUT2D eigenvalue weighted by Crippen LogP contribution is -2.28. The Bertz CT molecular complexity index is 734. The summed E-state index contributed by atoms with van der Waals surface area (Å²) in [6.45, 7) is -0.150. The maximum absolute atomic E-state index is 13.1. The second-order valence-corrected chi connectivity index (χ2v) is 4.89. The van der Waals surface area contributed by atoms with Gasteiger partial charge in [0.25, 0.3) is 5.91 Å². The molecule has 1 aromatic rings. The van der Waals surface area contributed by atoms with E-state index in [0.29, 0.717) is 6.07 Å². The number of benzene rings is 1. The third-order valence-electron chi connectivity index (χ3n) is 3.18. The summed E-state index contributed by atoms with van der Waals surface area (Å²) in [7, 11) is 0. The number of carbonyl (C=O) groups is 1. The van der Waals surface area contributed by atoms with Crippen LogP contribution in [0.4, 0.5) is 32.0 Å². The van der Waals surface area contributed by atoms with Gasteiger partial charge in [-0.2, -0.15) is 26.3 Å². The molecule has 0 aromatic heterocycles. The molecule has 0 saturated carbocycles. The molecule has 1 amide bonds. The zero-order valence-electron chi connectivity index (χ0n) is 11.7. The molecule has 24 heavy (non-hydrogen) atoms. The van der Waals surface area contributed by atoms with Crippen molar-refractivity contribution in [2.24, 2.45) is 5.73 Å². The van der Waals surface area contributed by atoms with Gasteiger partial charge in [-0.05, 0) is 18.2 Å².